The van der Waals surface area contributed by atoms with E-state index in [1.54, 1.807) is 24.3 Å². The highest BCUT2D eigenvalue weighted by Crippen LogP contribution is 2.13. The lowest BCUT2D eigenvalue weighted by molar-refractivity contribution is -0.143. The molecule has 0 aliphatic heterocycles. The minimum atomic E-state index is -1.04. The number of amides is 1. The van der Waals surface area contributed by atoms with Crippen LogP contribution in [0, 0.1) is 0 Å². The molecule has 25 heavy (non-hydrogen) atoms. The fourth-order valence-corrected chi connectivity index (χ4v) is 1.77. The predicted molar refractivity (Wildman–Crippen MR) is 90.6 cm³/mol. The molecular formula is C16H25N3O6. The number of carbonyl (C=O) groups excluding carboxylic acids is 1. The van der Waals surface area contributed by atoms with Gasteiger partial charge in [-0.05, 0) is 25.2 Å². The van der Waals surface area contributed by atoms with E-state index in [-0.39, 0.29) is 32.3 Å². The van der Waals surface area contributed by atoms with E-state index in [4.69, 9.17) is 25.1 Å². The molecule has 0 heterocycles. The Balaban J connectivity index is 2.30. The number of carboxylic acids is 1. The Hall–Kier alpha value is -2.20. The molecule has 9 nitrogen and oxygen atoms in total. The largest absolute Gasteiger partial charge is 0.489 e. The number of ether oxygens (including phenoxy) is 3. The number of nitrogens with one attached hydrogen (secondary N) is 2. The smallest absolute Gasteiger partial charge is 0.329 e. The zero-order valence-electron chi connectivity index (χ0n) is 14.2. The second-order valence-electron chi connectivity index (χ2n) is 5.05. The van der Waals surface area contributed by atoms with E-state index in [2.05, 4.69) is 10.6 Å². The van der Waals surface area contributed by atoms with Crippen molar-refractivity contribution in [3.05, 3.63) is 29.8 Å². The summed E-state index contributed by atoms with van der Waals surface area (Å²) in [6.45, 7) is 1.21. The first-order valence-corrected chi connectivity index (χ1v) is 7.85. The summed E-state index contributed by atoms with van der Waals surface area (Å²) < 4.78 is 15.6. The molecule has 0 aliphatic carbocycles. The van der Waals surface area contributed by atoms with Gasteiger partial charge in [-0.25, -0.2) is 4.79 Å². The van der Waals surface area contributed by atoms with Gasteiger partial charge in [0.15, 0.2) is 0 Å². The Kier molecular flexibility index (Phi) is 10.2. The highest BCUT2D eigenvalue weighted by atomic mass is 16.6. The Bertz CT molecular complexity index is 540. The minimum Gasteiger partial charge on any atom is -0.489 e. The van der Waals surface area contributed by atoms with E-state index in [1.807, 2.05) is 7.05 Å². The number of nitrogens with two attached hydrogens (primary N) is 1. The van der Waals surface area contributed by atoms with Crippen LogP contribution in [0.3, 0.4) is 0 Å². The van der Waals surface area contributed by atoms with Crippen LogP contribution < -0.4 is 21.1 Å². The van der Waals surface area contributed by atoms with Crippen molar-refractivity contribution >= 4 is 11.9 Å². The average molecular weight is 355 g/mol. The first-order chi connectivity index (χ1) is 12.0. The van der Waals surface area contributed by atoms with Gasteiger partial charge in [-0.3, -0.25) is 4.79 Å². The van der Waals surface area contributed by atoms with Crippen molar-refractivity contribution in [3.63, 3.8) is 0 Å². The van der Waals surface area contributed by atoms with Gasteiger partial charge < -0.3 is 35.7 Å². The van der Waals surface area contributed by atoms with Crippen molar-refractivity contribution < 1.29 is 28.9 Å². The lowest BCUT2D eigenvalue weighted by Gasteiger charge is -2.14. The normalized spacial score (nSPS) is 11.8. The Morgan fingerprint density at radius 3 is 2.80 bits per heavy atom. The summed E-state index contributed by atoms with van der Waals surface area (Å²) in [6, 6.07) is 6.75. The third-order valence-electron chi connectivity index (χ3n) is 2.96. The van der Waals surface area contributed by atoms with Crippen LogP contribution in [-0.4, -0.2) is 69.8 Å². The summed E-state index contributed by atoms with van der Waals surface area (Å²) in [7, 11) is 1.81. The molecule has 0 aromatic heterocycles. The SMILES string of the molecule is CNCCNC(=O)c1cccc(OCC(N)OCCOCC(=O)O)c1. The van der Waals surface area contributed by atoms with Crippen molar-refractivity contribution in [2.24, 2.45) is 5.73 Å². The molecule has 5 N–H and O–H groups in total. The number of hydrogen-bond acceptors (Lipinski definition) is 7. The van der Waals surface area contributed by atoms with Crippen molar-refractivity contribution in [3.8, 4) is 5.75 Å². The van der Waals surface area contributed by atoms with Crippen molar-refractivity contribution in [2.45, 2.75) is 6.23 Å². The van der Waals surface area contributed by atoms with E-state index in [0.29, 0.717) is 24.4 Å². The maximum Gasteiger partial charge on any atom is 0.329 e. The summed E-state index contributed by atoms with van der Waals surface area (Å²) in [5.74, 6) is -0.721. The molecule has 0 bridgehead atoms. The second-order valence-corrected chi connectivity index (χ2v) is 5.05. The first kappa shape index (κ1) is 20.8. The quantitative estimate of drug-likeness (QED) is 0.273. The third-order valence-corrected chi connectivity index (χ3v) is 2.96. The number of carboxylic acid groups (broad SMARTS) is 1. The van der Waals surface area contributed by atoms with Crippen molar-refractivity contribution in [1.29, 1.82) is 0 Å². The number of likely N-dealkylation sites (N-methyl/N-ethyl adjacent to an activating group) is 1. The highest BCUT2D eigenvalue weighted by Gasteiger charge is 2.08. The van der Waals surface area contributed by atoms with E-state index in [9.17, 15) is 9.59 Å². The second kappa shape index (κ2) is 12.2. The van der Waals surface area contributed by atoms with Crippen LogP contribution in [0.25, 0.3) is 0 Å². The first-order valence-electron chi connectivity index (χ1n) is 7.85. The lowest BCUT2D eigenvalue weighted by Crippen LogP contribution is -2.32. The summed E-state index contributed by atoms with van der Waals surface area (Å²) in [5.41, 5.74) is 6.23. The number of rotatable bonds is 13. The van der Waals surface area contributed by atoms with Crippen molar-refractivity contribution in [2.75, 3.05) is 46.6 Å². The zero-order chi connectivity index (χ0) is 18.5. The molecule has 1 rings (SSSR count). The van der Waals surface area contributed by atoms with Gasteiger partial charge in [-0.2, -0.15) is 0 Å². The summed E-state index contributed by atoms with van der Waals surface area (Å²) >= 11 is 0. The van der Waals surface area contributed by atoms with E-state index >= 15 is 0 Å². The summed E-state index contributed by atoms with van der Waals surface area (Å²) in [5, 5.41) is 14.1. The number of benzene rings is 1. The minimum absolute atomic E-state index is 0.0871. The highest BCUT2D eigenvalue weighted by molar-refractivity contribution is 5.94. The summed E-state index contributed by atoms with van der Waals surface area (Å²) in [6.07, 6.45) is -0.693. The molecule has 9 heteroatoms. The van der Waals surface area contributed by atoms with Gasteiger partial charge in [0.05, 0.1) is 13.2 Å². The third kappa shape index (κ3) is 9.62. The standard InChI is InChI=1S/C16H25N3O6/c1-18-5-6-19-16(22)12-3-2-4-13(9-12)25-10-14(17)24-8-7-23-11-15(20)21/h2-4,9,14,18H,5-8,10-11,17H2,1H3,(H,19,22)(H,20,21). The fraction of sp³-hybridized carbons (Fsp3) is 0.500. The van der Waals surface area contributed by atoms with Gasteiger partial charge in [0, 0.05) is 18.7 Å². The van der Waals surface area contributed by atoms with Crippen LogP contribution in [0.2, 0.25) is 0 Å². The molecule has 0 saturated carbocycles. The molecule has 0 radical (unpaired) electrons. The average Bonchev–Trinajstić information content (AvgIpc) is 2.59. The topological polar surface area (TPSA) is 132 Å². The lowest BCUT2D eigenvalue weighted by atomic mass is 10.2. The van der Waals surface area contributed by atoms with Gasteiger partial charge in [0.1, 0.15) is 25.2 Å². The maximum absolute atomic E-state index is 12.0. The molecule has 1 atom stereocenters. The van der Waals surface area contributed by atoms with E-state index < -0.39 is 12.2 Å². The molecule has 1 amide bonds. The number of carbonyl (C=O) groups is 2. The monoisotopic (exact) mass is 355 g/mol. The summed E-state index contributed by atoms with van der Waals surface area (Å²) in [4.78, 5) is 22.2. The molecule has 0 saturated heterocycles. The number of aliphatic carboxylic acids is 1. The van der Waals surface area contributed by atoms with Gasteiger partial charge in [-0.15, -0.1) is 0 Å². The van der Waals surface area contributed by atoms with E-state index in [0.717, 1.165) is 0 Å². The zero-order valence-corrected chi connectivity index (χ0v) is 14.2. The van der Waals surface area contributed by atoms with Crippen LogP contribution in [0.5, 0.6) is 5.75 Å². The van der Waals surface area contributed by atoms with Gasteiger partial charge in [0.25, 0.3) is 5.91 Å². The molecule has 140 valence electrons. The molecule has 0 spiro atoms. The van der Waals surface area contributed by atoms with Crippen molar-refractivity contribution in [1.82, 2.24) is 10.6 Å². The molecular weight excluding hydrogens is 330 g/mol. The molecule has 0 aliphatic rings. The maximum atomic E-state index is 12.0. The van der Waals surface area contributed by atoms with Crippen LogP contribution >= 0.6 is 0 Å². The molecule has 0 fully saturated rings. The Morgan fingerprint density at radius 2 is 2.08 bits per heavy atom. The Labute approximate surface area is 146 Å². The van der Waals surface area contributed by atoms with Gasteiger partial charge in [0.2, 0.25) is 0 Å². The van der Waals surface area contributed by atoms with Crippen LogP contribution in [0.15, 0.2) is 24.3 Å². The van der Waals surface area contributed by atoms with E-state index in [1.165, 1.54) is 0 Å². The Morgan fingerprint density at radius 1 is 1.28 bits per heavy atom. The van der Waals surface area contributed by atoms with Crippen LogP contribution in [-0.2, 0) is 14.3 Å². The molecule has 1 aromatic rings. The molecule has 1 aromatic carbocycles. The van der Waals surface area contributed by atoms with Crippen LogP contribution in [0.4, 0.5) is 0 Å². The fourth-order valence-electron chi connectivity index (χ4n) is 1.77. The van der Waals surface area contributed by atoms with Gasteiger partial charge >= 0.3 is 5.97 Å². The van der Waals surface area contributed by atoms with Gasteiger partial charge in [-0.1, -0.05) is 6.07 Å². The van der Waals surface area contributed by atoms with Crippen LogP contribution in [0.1, 0.15) is 10.4 Å². The number of hydrogen-bond donors (Lipinski definition) is 4. The predicted octanol–water partition coefficient (Wildman–Crippen LogP) is -0.583. The molecule has 1 unspecified atom stereocenters.